The van der Waals surface area contributed by atoms with Crippen LogP contribution in [0.4, 0.5) is 0 Å². The second kappa shape index (κ2) is 7.25. The van der Waals surface area contributed by atoms with E-state index >= 15 is 0 Å². The third kappa shape index (κ3) is 3.48. The first-order valence-electron chi connectivity index (χ1n) is 7.62. The molecule has 3 heteroatoms. The molecule has 0 aliphatic rings. The van der Waals surface area contributed by atoms with Crippen LogP contribution in [0.2, 0.25) is 0 Å². The molecular formula is C17H25N3. The van der Waals surface area contributed by atoms with Crippen LogP contribution >= 0.6 is 0 Å². The van der Waals surface area contributed by atoms with E-state index in [-0.39, 0.29) is 0 Å². The number of aryl methyl sites for hydroxylation is 1. The number of aromatic nitrogens is 2. The van der Waals surface area contributed by atoms with Crippen LogP contribution in [0.5, 0.6) is 0 Å². The molecule has 0 amide bonds. The van der Waals surface area contributed by atoms with Gasteiger partial charge in [0.1, 0.15) is 5.82 Å². The van der Waals surface area contributed by atoms with Crippen molar-refractivity contribution >= 4 is 0 Å². The van der Waals surface area contributed by atoms with Crippen LogP contribution in [-0.4, -0.2) is 16.5 Å². The number of H-pyrrole nitrogens is 1. The molecule has 20 heavy (non-hydrogen) atoms. The molecule has 1 unspecified atom stereocenters. The van der Waals surface area contributed by atoms with Crippen LogP contribution in [0.3, 0.4) is 0 Å². The van der Waals surface area contributed by atoms with E-state index in [1.165, 1.54) is 17.5 Å². The Labute approximate surface area is 121 Å². The Kier molecular flexibility index (Phi) is 5.36. The highest BCUT2D eigenvalue weighted by Crippen LogP contribution is 2.23. The highest BCUT2D eigenvalue weighted by atomic mass is 14.9. The lowest BCUT2D eigenvalue weighted by Gasteiger charge is -2.10. The summed E-state index contributed by atoms with van der Waals surface area (Å²) in [5.41, 5.74) is 9.49. The predicted octanol–water partition coefficient (Wildman–Crippen LogP) is 3.87. The van der Waals surface area contributed by atoms with Crippen molar-refractivity contribution in [2.45, 2.75) is 45.4 Å². The number of benzene rings is 1. The molecule has 3 nitrogen and oxygen atoms in total. The fraction of sp³-hybridized carbons (Fsp3) is 0.471. The SMILES string of the molecule is CCCc1ccc(-c2cnc(C(CN)CCC)[nH]2)cc1. The molecule has 1 aromatic carbocycles. The Balaban J connectivity index is 2.15. The zero-order chi connectivity index (χ0) is 14.4. The lowest BCUT2D eigenvalue weighted by atomic mass is 10.0. The minimum atomic E-state index is 0.341. The van der Waals surface area contributed by atoms with Gasteiger partial charge in [0.2, 0.25) is 0 Å². The average Bonchev–Trinajstić information content (AvgIpc) is 2.95. The van der Waals surface area contributed by atoms with Gasteiger partial charge in [0.05, 0.1) is 11.9 Å². The van der Waals surface area contributed by atoms with Crippen molar-refractivity contribution in [1.29, 1.82) is 0 Å². The van der Waals surface area contributed by atoms with E-state index < -0.39 is 0 Å². The predicted molar refractivity (Wildman–Crippen MR) is 84.7 cm³/mol. The van der Waals surface area contributed by atoms with Gasteiger partial charge in [-0.05, 0) is 24.0 Å². The molecule has 1 atom stereocenters. The van der Waals surface area contributed by atoms with Crippen molar-refractivity contribution in [2.75, 3.05) is 6.54 Å². The lowest BCUT2D eigenvalue weighted by Crippen LogP contribution is -2.13. The standard InChI is InChI=1S/C17H25N3/c1-3-5-13-7-9-14(10-8-13)16-12-19-17(20-16)15(11-18)6-4-2/h7-10,12,15H,3-6,11,18H2,1-2H3,(H,19,20). The Bertz CT molecular complexity index is 513. The summed E-state index contributed by atoms with van der Waals surface area (Å²) in [6.45, 7) is 5.03. The van der Waals surface area contributed by atoms with Gasteiger partial charge in [0.25, 0.3) is 0 Å². The van der Waals surface area contributed by atoms with Gasteiger partial charge in [-0.25, -0.2) is 4.98 Å². The quantitative estimate of drug-likeness (QED) is 0.803. The number of aromatic amines is 1. The summed E-state index contributed by atoms with van der Waals surface area (Å²) in [5.74, 6) is 1.36. The molecule has 1 aromatic heterocycles. The van der Waals surface area contributed by atoms with Crippen LogP contribution in [0.1, 0.15) is 50.4 Å². The molecule has 0 saturated carbocycles. The molecule has 0 spiro atoms. The maximum Gasteiger partial charge on any atom is 0.110 e. The number of nitrogens with one attached hydrogen (secondary N) is 1. The Morgan fingerprint density at radius 3 is 2.50 bits per heavy atom. The van der Waals surface area contributed by atoms with Crippen molar-refractivity contribution < 1.29 is 0 Å². The topological polar surface area (TPSA) is 54.7 Å². The summed E-state index contributed by atoms with van der Waals surface area (Å²) in [6.07, 6.45) is 6.45. The molecule has 2 rings (SSSR count). The van der Waals surface area contributed by atoms with Gasteiger partial charge < -0.3 is 10.7 Å². The number of nitrogens with two attached hydrogens (primary N) is 1. The molecule has 2 aromatic rings. The molecule has 3 N–H and O–H groups in total. The summed E-state index contributed by atoms with van der Waals surface area (Å²) in [6, 6.07) is 8.73. The minimum absolute atomic E-state index is 0.341. The zero-order valence-corrected chi connectivity index (χ0v) is 12.5. The van der Waals surface area contributed by atoms with Crippen molar-refractivity contribution in [3.8, 4) is 11.3 Å². The largest absolute Gasteiger partial charge is 0.342 e. The van der Waals surface area contributed by atoms with Crippen LogP contribution in [0, 0.1) is 0 Å². The molecule has 1 heterocycles. The monoisotopic (exact) mass is 271 g/mol. The van der Waals surface area contributed by atoms with E-state index in [1.54, 1.807) is 0 Å². The van der Waals surface area contributed by atoms with Crippen molar-refractivity contribution in [3.63, 3.8) is 0 Å². The smallest absolute Gasteiger partial charge is 0.110 e. The first kappa shape index (κ1) is 14.8. The molecule has 0 radical (unpaired) electrons. The van der Waals surface area contributed by atoms with E-state index in [0.717, 1.165) is 30.8 Å². The fourth-order valence-corrected chi connectivity index (χ4v) is 2.55. The van der Waals surface area contributed by atoms with E-state index in [9.17, 15) is 0 Å². The molecule has 0 saturated heterocycles. The normalized spacial score (nSPS) is 12.6. The van der Waals surface area contributed by atoms with Gasteiger partial charge in [-0.1, -0.05) is 51.0 Å². The number of nitrogens with zero attached hydrogens (tertiary/aromatic N) is 1. The van der Waals surface area contributed by atoms with Gasteiger partial charge in [-0.15, -0.1) is 0 Å². The lowest BCUT2D eigenvalue weighted by molar-refractivity contribution is 0.595. The van der Waals surface area contributed by atoms with E-state index in [0.29, 0.717) is 12.5 Å². The zero-order valence-electron chi connectivity index (χ0n) is 12.5. The number of hydrogen-bond acceptors (Lipinski definition) is 2. The molecule has 108 valence electrons. The summed E-state index contributed by atoms with van der Waals surface area (Å²) in [5, 5.41) is 0. The van der Waals surface area contributed by atoms with Gasteiger partial charge >= 0.3 is 0 Å². The van der Waals surface area contributed by atoms with Gasteiger partial charge in [-0.2, -0.15) is 0 Å². The highest BCUT2D eigenvalue weighted by Gasteiger charge is 2.13. The Morgan fingerprint density at radius 1 is 1.15 bits per heavy atom. The van der Waals surface area contributed by atoms with E-state index in [2.05, 4.69) is 48.1 Å². The van der Waals surface area contributed by atoms with Crippen molar-refractivity contribution in [2.24, 2.45) is 5.73 Å². The summed E-state index contributed by atoms with van der Waals surface area (Å²) in [4.78, 5) is 7.93. The van der Waals surface area contributed by atoms with Crippen LogP contribution < -0.4 is 5.73 Å². The molecule has 0 bridgehead atoms. The molecular weight excluding hydrogens is 246 g/mol. The van der Waals surface area contributed by atoms with Gasteiger partial charge in [-0.3, -0.25) is 0 Å². The van der Waals surface area contributed by atoms with E-state index in [1.807, 2.05) is 6.20 Å². The first-order chi connectivity index (χ1) is 9.78. The molecule has 0 fully saturated rings. The Morgan fingerprint density at radius 2 is 1.90 bits per heavy atom. The van der Waals surface area contributed by atoms with Crippen molar-refractivity contribution in [3.05, 3.63) is 41.9 Å². The van der Waals surface area contributed by atoms with Crippen LogP contribution in [0.15, 0.2) is 30.5 Å². The summed E-state index contributed by atoms with van der Waals surface area (Å²) < 4.78 is 0. The van der Waals surface area contributed by atoms with Gasteiger partial charge in [0, 0.05) is 12.5 Å². The Hall–Kier alpha value is -1.61. The summed E-state index contributed by atoms with van der Waals surface area (Å²) in [7, 11) is 0. The second-order valence-corrected chi connectivity index (χ2v) is 5.35. The first-order valence-corrected chi connectivity index (χ1v) is 7.62. The molecule has 0 aliphatic carbocycles. The van der Waals surface area contributed by atoms with Crippen molar-refractivity contribution in [1.82, 2.24) is 9.97 Å². The third-order valence-corrected chi connectivity index (χ3v) is 3.71. The van der Waals surface area contributed by atoms with Crippen LogP contribution in [-0.2, 0) is 6.42 Å². The maximum absolute atomic E-state index is 5.83. The maximum atomic E-state index is 5.83. The number of rotatable bonds is 7. The fourth-order valence-electron chi connectivity index (χ4n) is 2.55. The molecule has 0 aliphatic heterocycles. The minimum Gasteiger partial charge on any atom is -0.342 e. The van der Waals surface area contributed by atoms with Gasteiger partial charge in [0.15, 0.2) is 0 Å². The highest BCUT2D eigenvalue weighted by molar-refractivity contribution is 5.58. The number of hydrogen-bond donors (Lipinski definition) is 2. The second-order valence-electron chi connectivity index (χ2n) is 5.35. The van der Waals surface area contributed by atoms with E-state index in [4.69, 9.17) is 5.73 Å². The third-order valence-electron chi connectivity index (χ3n) is 3.71. The average molecular weight is 271 g/mol. The summed E-state index contributed by atoms with van der Waals surface area (Å²) >= 11 is 0. The number of imidazole rings is 1. The van der Waals surface area contributed by atoms with Crippen LogP contribution in [0.25, 0.3) is 11.3 Å².